The molecule has 1 aliphatic carbocycles. The number of hydrogen-bond donors (Lipinski definition) is 0. The largest absolute Gasteiger partial charge is 0.481 e. The molecule has 6 rings (SSSR count). The van der Waals surface area contributed by atoms with Gasteiger partial charge in [0.2, 0.25) is 4.96 Å². The van der Waals surface area contributed by atoms with Gasteiger partial charge >= 0.3 is 0 Å². The Morgan fingerprint density at radius 3 is 2.72 bits per heavy atom. The maximum absolute atomic E-state index is 15.3. The zero-order valence-electron chi connectivity index (χ0n) is 21.6. The van der Waals surface area contributed by atoms with Crippen LogP contribution in [0.1, 0.15) is 56.9 Å². The summed E-state index contributed by atoms with van der Waals surface area (Å²) < 4.78 is 22.8. The van der Waals surface area contributed by atoms with Gasteiger partial charge in [-0.15, -0.1) is 0 Å². The highest BCUT2D eigenvalue weighted by molar-refractivity contribution is 7.16. The molecule has 2 amide bonds. The summed E-state index contributed by atoms with van der Waals surface area (Å²) in [7, 11) is 1.75. The molecule has 4 aromatic rings. The van der Waals surface area contributed by atoms with Crippen molar-refractivity contribution in [1.29, 1.82) is 0 Å². The first kappa shape index (κ1) is 25.7. The van der Waals surface area contributed by atoms with E-state index in [-0.39, 0.29) is 41.1 Å². The van der Waals surface area contributed by atoms with E-state index in [1.807, 2.05) is 19.9 Å². The second kappa shape index (κ2) is 9.87. The summed E-state index contributed by atoms with van der Waals surface area (Å²) in [5.74, 6) is -0.777. The smallest absolute Gasteiger partial charge is 0.272 e. The fourth-order valence-corrected chi connectivity index (χ4v) is 5.96. The van der Waals surface area contributed by atoms with Crippen molar-refractivity contribution in [2.45, 2.75) is 45.2 Å². The summed E-state index contributed by atoms with van der Waals surface area (Å²) in [4.78, 5) is 39.1. The Labute approximate surface area is 233 Å². The number of nitrogens with zero attached hydrogens (tertiary/aromatic N) is 6. The molecule has 4 heterocycles. The molecule has 0 N–H and O–H groups in total. The molecule has 39 heavy (non-hydrogen) atoms. The fraction of sp³-hybridized carbons (Fsp3) is 0.370. The van der Waals surface area contributed by atoms with E-state index in [0.29, 0.717) is 29.2 Å². The highest BCUT2D eigenvalue weighted by Gasteiger charge is 2.38. The lowest BCUT2D eigenvalue weighted by Crippen LogP contribution is -2.43. The predicted molar refractivity (Wildman–Crippen MR) is 144 cm³/mol. The normalized spacial score (nSPS) is 16.8. The lowest BCUT2D eigenvalue weighted by atomic mass is 9.94. The Morgan fingerprint density at radius 2 is 2.00 bits per heavy atom. The average Bonchev–Trinajstić information content (AvgIpc) is 3.61. The van der Waals surface area contributed by atoms with E-state index in [9.17, 15) is 9.59 Å². The molecule has 0 radical (unpaired) electrons. The minimum absolute atomic E-state index is 0.00430. The van der Waals surface area contributed by atoms with Gasteiger partial charge in [0.15, 0.2) is 17.5 Å². The lowest BCUT2D eigenvalue weighted by molar-refractivity contribution is -0.135. The van der Waals surface area contributed by atoms with Gasteiger partial charge in [0.05, 0.1) is 11.4 Å². The van der Waals surface area contributed by atoms with Crippen LogP contribution in [0.15, 0.2) is 30.3 Å². The van der Waals surface area contributed by atoms with Gasteiger partial charge in [-0.1, -0.05) is 35.1 Å². The van der Waals surface area contributed by atoms with Crippen molar-refractivity contribution in [3.63, 3.8) is 0 Å². The SMILES string of the molecule is Cc1ccc(C2c3c(nc4sc(C)nn34)CCN2C(=O)COc2ccc(C(=O)N(C)C3CC3)nc2Cl)c(F)c1. The number of ether oxygens (including phenoxy) is 1. The number of aryl methyl sites for hydroxylation is 2. The highest BCUT2D eigenvalue weighted by Crippen LogP contribution is 2.38. The minimum atomic E-state index is -0.728. The topological polar surface area (TPSA) is 92.9 Å². The third kappa shape index (κ3) is 4.74. The zero-order valence-corrected chi connectivity index (χ0v) is 23.2. The van der Waals surface area contributed by atoms with Crippen molar-refractivity contribution < 1.29 is 18.7 Å². The second-order valence-corrected chi connectivity index (χ2v) is 11.5. The van der Waals surface area contributed by atoms with E-state index in [0.717, 1.165) is 29.1 Å². The number of aromatic nitrogens is 4. The number of benzene rings is 1. The first-order valence-corrected chi connectivity index (χ1v) is 13.9. The van der Waals surface area contributed by atoms with Crippen molar-refractivity contribution in [2.24, 2.45) is 0 Å². The quantitative estimate of drug-likeness (QED) is 0.320. The number of pyridine rings is 1. The van der Waals surface area contributed by atoms with Crippen LogP contribution in [-0.2, 0) is 11.2 Å². The van der Waals surface area contributed by atoms with E-state index in [4.69, 9.17) is 21.3 Å². The van der Waals surface area contributed by atoms with Gasteiger partial charge < -0.3 is 14.5 Å². The number of imidazole rings is 1. The molecule has 1 aliphatic heterocycles. The van der Waals surface area contributed by atoms with E-state index in [1.54, 1.807) is 33.5 Å². The Hall–Kier alpha value is -3.57. The monoisotopic (exact) mass is 568 g/mol. The summed E-state index contributed by atoms with van der Waals surface area (Å²) in [6.07, 6.45) is 2.48. The highest BCUT2D eigenvalue weighted by atomic mass is 35.5. The molecule has 1 unspecified atom stereocenters. The number of amides is 2. The maximum Gasteiger partial charge on any atom is 0.272 e. The fourth-order valence-electron chi connectivity index (χ4n) is 4.98. The van der Waals surface area contributed by atoms with Crippen molar-refractivity contribution in [2.75, 3.05) is 20.2 Å². The molecule has 202 valence electrons. The standard InChI is InChI=1S/C27H26ClFN6O3S/c1-14-4-7-17(18(29)12-14)23-24-19(31-27-35(24)32-15(2)39-27)10-11-34(23)22(36)13-38-21-9-8-20(30-25(21)28)26(37)33(3)16-5-6-16/h4,7-9,12,16,23H,5-6,10-11,13H2,1-3H3. The Bertz CT molecular complexity index is 1620. The van der Waals surface area contributed by atoms with Gasteiger partial charge in [-0.05, 0) is 50.5 Å². The molecule has 1 aromatic carbocycles. The summed E-state index contributed by atoms with van der Waals surface area (Å²) in [6.45, 7) is 3.70. The van der Waals surface area contributed by atoms with E-state index in [2.05, 4.69) is 10.1 Å². The predicted octanol–water partition coefficient (Wildman–Crippen LogP) is 4.38. The molecular formula is C27H26ClFN6O3S. The number of carbonyl (C=O) groups is 2. The van der Waals surface area contributed by atoms with E-state index < -0.39 is 11.9 Å². The van der Waals surface area contributed by atoms with Gasteiger partial charge in [0.25, 0.3) is 11.8 Å². The number of carbonyl (C=O) groups excluding carboxylic acids is 2. The van der Waals surface area contributed by atoms with Gasteiger partial charge in [-0.3, -0.25) is 9.59 Å². The maximum atomic E-state index is 15.3. The molecule has 0 bridgehead atoms. The minimum Gasteiger partial charge on any atom is -0.481 e. The van der Waals surface area contributed by atoms with Crippen molar-refractivity contribution in [3.05, 3.63) is 74.5 Å². The van der Waals surface area contributed by atoms with Crippen LogP contribution >= 0.6 is 22.9 Å². The Kier molecular flexibility index (Phi) is 6.50. The molecule has 1 fully saturated rings. The average molecular weight is 569 g/mol. The van der Waals surface area contributed by atoms with Crippen LogP contribution < -0.4 is 4.74 Å². The van der Waals surface area contributed by atoms with Crippen LogP contribution in [0.25, 0.3) is 4.96 Å². The van der Waals surface area contributed by atoms with Gasteiger partial charge in [-0.2, -0.15) is 5.10 Å². The van der Waals surface area contributed by atoms with Crippen LogP contribution in [0.2, 0.25) is 5.15 Å². The summed E-state index contributed by atoms with van der Waals surface area (Å²) in [5.41, 5.74) is 2.84. The Balaban J connectivity index is 1.27. The third-order valence-corrected chi connectivity index (χ3v) is 8.24. The first-order valence-electron chi connectivity index (χ1n) is 12.7. The molecule has 1 saturated carbocycles. The van der Waals surface area contributed by atoms with Gasteiger partial charge in [-0.25, -0.2) is 18.9 Å². The molecule has 0 saturated heterocycles. The molecule has 1 atom stereocenters. The van der Waals surface area contributed by atoms with Crippen LogP contribution in [0.3, 0.4) is 0 Å². The van der Waals surface area contributed by atoms with Gasteiger partial charge in [0.1, 0.15) is 22.6 Å². The summed E-state index contributed by atoms with van der Waals surface area (Å²) >= 11 is 7.77. The lowest BCUT2D eigenvalue weighted by Gasteiger charge is -2.35. The van der Waals surface area contributed by atoms with Crippen LogP contribution in [0, 0.1) is 19.7 Å². The van der Waals surface area contributed by atoms with Gasteiger partial charge in [0, 0.05) is 31.6 Å². The number of hydrogen-bond acceptors (Lipinski definition) is 7. The van der Waals surface area contributed by atoms with Crippen molar-refractivity contribution in [1.82, 2.24) is 29.4 Å². The van der Waals surface area contributed by atoms with Crippen LogP contribution in [0.5, 0.6) is 5.75 Å². The summed E-state index contributed by atoms with van der Waals surface area (Å²) in [6, 6.07) is 7.59. The number of rotatable bonds is 6. The van der Waals surface area contributed by atoms with Crippen molar-refractivity contribution >= 4 is 39.7 Å². The van der Waals surface area contributed by atoms with E-state index in [1.165, 1.54) is 23.5 Å². The van der Waals surface area contributed by atoms with E-state index >= 15 is 4.39 Å². The van der Waals surface area contributed by atoms with Crippen LogP contribution in [0.4, 0.5) is 4.39 Å². The van der Waals surface area contributed by atoms with Crippen molar-refractivity contribution in [3.8, 4) is 5.75 Å². The number of halogens is 2. The first-order chi connectivity index (χ1) is 18.7. The third-order valence-electron chi connectivity index (χ3n) is 7.15. The Morgan fingerprint density at radius 1 is 1.21 bits per heavy atom. The van der Waals surface area contributed by atoms with Crippen LogP contribution in [-0.4, -0.2) is 67.4 Å². The molecule has 2 aliphatic rings. The molecule has 0 spiro atoms. The molecular weight excluding hydrogens is 543 g/mol. The molecule has 3 aromatic heterocycles. The number of fused-ring (bicyclic) bond motifs is 3. The summed E-state index contributed by atoms with van der Waals surface area (Å²) in [5, 5.41) is 5.40. The second-order valence-electron chi connectivity index (χ2n) is 9.95. The zero-order chi connectivity index (χ0) is 27.4. The molecule has 12 heteroatoms. The molecule has 9 nitrogen and oxygen atoms in total.